The number of rotatable bonds is 11. The van der Waals surface area contributed by atoms with Crippen molar-refractivity contribution in [3.05, 3.63) is 143 Å². The zero-order valence-corrected chi connectivity index (χ0v) is 27.3. The van der Waals surface area contributed by atoms with Crippen molar-refractivity contribution >= 4 is 6.09 Å². The van der Waals surface area contributed by atoms with Gasteiger partial charge in [-0.2, -0.15) is 26.3 Å². The molecule has 12 heteroatoms. The Kier molecular flexibility index (Phi) is 11.2. The first kappa shape index (κ1) is 36.9. The van der Waals surface area contributed by atoms with Crippen LogP contribution in [0.1, 0.15) is 59.3 Å². The van der Waals surface area contributed by atoms with Crippen molar-refractivity contribution in [2.24, 2.45) is 5.73 Å². The summed E-state index contributed by atoms with van der Waals surface area (Å²) < 4.78 is 99.9. The molecule has 0 saturated carbocycles. The minimum Gasteiger partial charge on any atom is -0.445 e. The van der Waals surface area contributed by atoms with Crippen LogP contribution in [0.4, 0.5) is 31.1 Å². The molecule has 6 nitrogen and oxygen atoms in total. The molecule has 0 spiro atoms. The first-order valence-electron chi connectivity index (χ1n) is 16.0. The molecule has 0 aliphatic carbocycles. The Morgan fingerprint density at radius 1 is 0.760 bits per heavy atom. The lowest BCUT2D eigenvalue weighted by Gasteiger charge is -2.52. The second-order valence-corrected chi connectivity index (χ2v) is 12.7. The molecule has 4 aromatic rings. The van der Waals surface area contributed by atoms with Crippen LogP contribution in [0.5, 0.6) is 0 Å². The zero-order valence-electron chi connectivity index (χ0n) is 27.3. The number of benzene rings is 4. The number of nitrogens with two attached hydrogens (primary N) is 1. The van der Waals surface area contributed by atoms with Gasteiger partial charge in [-0.05, 0) is 60.2 Å². The number of alkyl halides is 6. The van der Waals surface area contributed by atoms with Gasteiger partial charge in [-0.15, -0.1) is 0 Å². The summed E-state index contributed by atoms with van der Waals surface area (Å²) in [7, 11) is 0. The van der Waals surface area contributed by atoms with E-state index in [4.69, 9.17) is 19.9 Å². The lowest BCUT2D eigenvalue weighted by molar-refractivity contribution is -0.143. The van der Waals surface area contributed by atoms with Crippen LogP contribution in [0.2, 0.25) is 0 Å². The highest BCUT2D eigenvalue weighted by Crippen LogP contribution is 2.43. The molecule has 266 valence electrons. The predicted octanol–water partition coefficient (Wildman–Crippen LogP) is 9.04. The van der Waals surface area contributed by atoms with E-state index < -0.39 is 46.8 Å². The first-order valence-corrected chi connectivity index (χ1v) is 16.0. The number of likely N-dealkylation sites (tertiary alicyclic amines) is 1. The number of nitrogens with zero attached hydrogens (tertiary/aromatic N) is 1. The average Bonchev–Trinajstić information content (AvgIpc) is 3.10. The Balaban J connectivity index is 1.46. The molecule has 1 aliphatic heterocycles. The number of amides is 1. The zero-order chi connectivity index (χ0) is 36.0. The van der Waals surface area contributed by atoms with Gasteiger partial charge >= 0.3 is 18.4 Å². The van der Waals surface area contributed by atoms with Gasteiger partial charge in [0.05, 0.1) is 48.1 Å². The SMILES string of the molecule is C[C@@H](OC[C@@]1(c2ccccc2)CCC(N)(COCc2ccccc2)CN1C(=O)OCc1ccccc1)c1cc(C(F)(F)F)cc(C(F)(F)F)c1. The van der Waals surface area contributed by atoms with Gasteiger partial charge in [-0.3, -0.25) is 4.90 Å². The quantitative estimate of drug-likeness (QED) is 0.158. The third-order valence-electron chi connectivity index (χ3n) is 8.92. The van der Waals surface area contributed by atoms with E-state index in [1.807, 2.05) is 36.4 Å². The van der Waals surface area contributed by atoms with Crippen molar-refractivity contribution < 1.29 is 45.3 Å². The van der Waals surface area contributed by atoms with Gasteiger partial charge in [-0.25, -0.2) is 4.79 Å². The maximum atomic E-state index is 14.1. The van der Waals surface area contributed by atoms with Gasteiger partial charge in [0.2, 0.25) is 0 Å². The van der Waals surface area contributed by atoms with Crippen molar-refractivity contribution in [1.29, 1.82) is 0 Å². The van der Waals surface area contributed by atoms with E-state index >= 15 is 0 Å². The van der Waals surface area contributed by atoms with E-state index in [1.165, 1.54) is 11.8 Å². The molecule has 0 aromatic heterocycles. The molecule has 50 heavy (non-hydrogen) atoms. The molecule has 1 unspecified atom stereocenters. The first-order chi connectivity index (χ1) is 23.7. The van der Waals surface area contributed by atoms with Gasteiger partial charge in [0.25, 0.3) is 0 Å². The van der Waals surface area contributed by atoms with Crippen LogP contribution in [0.25, 0.3) is 0 Å². The third-order valence-corrected chi connectivity index (χ3v) is 8.92. The monoisotopic (exact) mass is 700 g/mol. The van der Waals surface area contributed by atoms with Crippen molar-refractivity contribution in [3.8, 4) is 0 Å². The third kappa shape index (κ3) is 9.04. The molecule has 3 atom stereocenters. The molecule has 1 heterocycles. The number of hydrogen-bond donors (Lipinski definition) is 1. The molecule has 0 radical (unpaired) electrons. The second kappa shape index (κ2) is 15.2. The minimum atomic E-state index is -5.02. The van der Waals surface area contributed by atoms with Crippen LogP contribution < -0.4 is 5.73 Å². The number of piperidine rings is 1. The summed E-state index contributed by atoms with van der Waals surface area (Å²) >= 11 is 0. The number of halogens is 6. The topological polar surface area (TPSA) is 74.0 Å². The van der Waals surface area contributed by atoms with Crippen LogP contribution in [-0.2, 0) is 45.3 Å². The van der Waals surface area contributed by atoms with E-state index in [-0.39, 0.29) is 44.4 Å². The fraction of sp³-hybridized carbons (Fsp3) is 0.342. The van der Waals surface area contributed by atoms with Crippen molar-refractivity contribution in [2.45, 2.75) is 62.5 Å². The summed E-state index contributed by atoms with van der Waals surface area (Å²) in [6.45, 7) is 1.39. The standard InChI is InChI=1S/C38H38F6N2O4/c1-27(30-19-32(37(39,40)41)21-33(20-30)38(42,43)44)50-26-36(31-15-9-4-10-16-31)18-17-35(45,25-48-22-28-11-5-2-6-12-28)24-46(36)34(47)49-23-29-13-7-3-8-14-29/h2-16,19-21,27H,17-18,22-26,45H2,1H3/t27-,35?,36-/m1/s1. The summed E-state index contributed by atoms with van der Waals surface area (Å²) in [5.74, 6) is 0. The molecule has 5 rings (SSSR count). The highest BCUT2D eigenvalue weighted by atomic mass is 19.4. The Morgan fingerprint density at radius 3 is 1.82 bits per heavy atom. The average molecular weight is 701 g/mol. The maximum absolute atomic E-state index is 14.1. The number of carbonyl (C=O) groups is 1. The van der Waals surface area contributed by atoms with Crippen LogP contribution in [0.15, 0.2) is 109 Å². The summed E-state index contributed by atoms with van der Waals surface area (Å²) in [4.78, 5) is 15.5. The van der Waals surface area contributed by atoms with Crippen LogP contribution in [0, 0.1) is 0 Å². The summed E-state index contributed by atoms with van der Waals surface area (Å²) in [5.41, 5.74) is 3.74. The highest BCUT2D eigenvalue weighted by molar-refractivity contribution is 5.70. The Labute approximate surface area is 286 Å². The Morgan fingerprint density at radius 2 is 1.28 bits per heavy atom. The van der Waals surface area contributed by atoms with E-state index in [0.717, 1.165) is 11.1 Å². The van der Waals surface area contributed by atoms with Gasteiger partial charge < -0.3 is 19.9 Å². The van der Waals surface area contributed by atoms with Gasteiger partial charge in [0.15, 0.2) is 0 Å². The van der Waals surface area contributed by atoms with Crippen molar-refractivity contribution in [3.63, 3.8) is 0 Å². The minimum absolute atomic E-state index is 0.0379. The smallest absolute Gasteiger partial charge is 0.416 e. The van der Waals surface area contributed by atoms with Gasteiger partial charge in [0.1, 0.15) is 6.61 Å². The molecule has 1 amide bonds. The number of ether oxygens (including phenoxy) is 3. The maximum Gasteiger partial charge on any atom is 0.416 e. The normalized spacial score (nSPS) is 20.4. The molecular formula is C38H38F6N2O4. The van der Waals surface area contributed by atoms with Crippen molar-refractivity contribution in [1.82, 2.24) is 4.90 Å². The summed E-state index contributed by atoms with van der Waals surface area (Å²) in [5, 5.41) is 0. The van der Waals surface area contributed by atoms with Crippen molar-refractivity contribution in [2.75, 3.05) is 19.8 Å². The molecule has 1 aliphatic rings. The number of carbonyl (C=O) groups excluding carboxylic acids is 1. The predicted molar refractivity (Wildman–Crippen MR) is 175 cm³/mol. The van der Waals surface area contributed by atoms with Crippen LogP contribution >= 0.6 is 0 Å². The fourth-order valence-electron chi connectivity index (χ4n) is 6.09. The van der Waals surface area contributed by atoms with E-state index in [0.29, 0.717) is 30.7 Å². The highest BCUT2D eigenvalue weighted by Gasteiger charge is 2.51. The van der Waals surface area contributed by atoms with Crippen LogP contribution in [0.3, 0.4) is 0 Å². The Bertz CT molecular complexity index is 1670. The molecule has 1 saturated heterocycles. The summed E-state index contributed by atoms with van der Waals surface area (Å²) in [6, 6.07) is 28.8. The second-order valence-electron chi connectivity index (χ2n) is 12.7. The van der Waals surface area contributed by atoms with E-state index in [2.05, 4.69) is 0 Å². The van der Waals surface area contributed by atoms with Crippen LogP contribution in [-0.4, -0.2) is 36.3 Å². The Hall–Kier alpha value is -4.39. The van der Waals surface area contributed by atoms with Gasteiger partial charge in [0, 0.05) is 6.54 Å². The largest absolute Gasteiger partial charge is 0.445 e. The van der Waals surface area contributed by atoms with E-state index in [1.54, 1.807) is 54.6 Å². The fourth-order valence-corrected chi connectivity index (χ4v) is 6.09. The molecule has 0 bridgehead atoms. The molecule has 2 N–H and O–H groups in total. The lowest BCUT2D eigenvalue weighted by Crippen LogP contribution is -2.66. The molecule has 1 fully saturated rings. The van der Waals surface area contributed by atoms with E-state index in [9.17, 15) is 31.1 Å². The molecule has 4 aromatic carbocycles. The molecular weight excluding hydrogens is 662 g/mol. The van der Waals surface area contributed by atoms with Gasteiger partial charge in [-0.1, -0.05) is 91.0 Å². The lowest BCUT2D eigenvalue weighted by atomic mass is 9.75. The number of hydrogen-bond acceptors (Lipinski definition) is 5. The summed E-state index contributed by atoms with van der Waals surface area (Å²) in [6.07, 6.45) is -11.4.